The highest BCUT2D eigenvalue weighted by Crippen LogP contribution is 2.25. The van der Waals surface area contributed by atoms with Crippen LogP contribution in [0.5, 0.6) is 5.75 Å². The molecular weight excluding hydrogens is 516 g/mol. The summed E-state index contributed by atoms with van der Waals surface area (Å²) in [4.78, 5) is 28.6. The molecular formula is C30H29BrN2O3. The fourth-order valence-corrected chi connectivity index (χ4v) is 4.67. The summed E-state index contributed by atoms with van der Waals surface area (Å²) >= 11 is 3.51. The van der Waals surface area contributed by atoms with Crippen molar-refractivity contribution in [1.82, 2.24) is 10.2 Å². The van der Waals surface area contributed by atoms with Crippen LogP contribution in [0.2, 0.25) is 0 Å². The van der Waals surface area contributed by atoms with E-state index < -0.39 is 6.04 Å². The molecule has 36 heavy (non-hydrogen) atoms. The van der Waals surface area contributed by atoms with E-state index in [4.69, 9.17) is 4.74 Å². The Balaban J connectivity index is 1.63. The molecule has 0 aliphatic carbocycles. The van der Waals surface area contributed by atoms with Crippen LogP contribution in [-0.2, 0) is 22.6 Å². The Hall–Kier alpha value is -3.64. The predicted octanol–water partition coefficient (Wildman–Crippen LogP) is 5.76. The van der Waals surface area contributed by atoms with E-state index in [1.54, 1.807) is 4.90 Å². The highest BCUT2D eigenvalue weighted by molar-refractivity contribution is 9.10. The maximum Gasteiger partial charge on any atom is 0.261 e. The molecule has 4 aromatic carbocycles. The maximum absolute atomic E-state index is 13.7. The van der Waals surface area contributed by atoms with Crippen molar-refractivity contribution in [3.63, 3.8) is 0 Å². The molecule has 0 fully saturated rings. The third kappa shape index (κ3) is 6.52. The Morgan fingerprint density at radius 3 is 2.36 bits per heavy atom. The number of amides is 2. The van der Waals surface area contributed by atoms with Crippen molar-refractivity contribution in [2.75, 3.05) is 13.2 Å². The Morgan fingerprint density at radius 2 is 1.58 bits per heavy atom. The highest BCUT2D eigenvalue weighted by Gasteiger charge is 2.30. The molecule has 0 saturated heterocycles. The number of hydrogen-bond donors (Lipinski definition) is 1. The topological polar surface area (TPSA) is 58.6 Å². The predicted molar refractivity (Wildman–Crippen MR) is 147 cm³/mol. The number of rotatable bonds is 10. The van der Waals surface area contributed by atoms with E-state index in [0.717, 1.165) is 26.4 Å². The van der Waals surface area contributed by atoms with Gasteiger partial charge in [0.25, 0.3) is 5.91 Å². The highest BCUT2D eigenvalue weighted by atomic mass is 79.9. The van der Waals surface area contributed by atoms with E-state index in [9.17, 15) is 9.59 Å². The second kappa shape index (κ2) is 12.4. The summed E-state index contributed by atoms with van der Waals surface area (Å²) in [7, 11) is 0. The van der Waals surface area contributed by atoms with Crippen molar-refractivity contribution in [2.24, 2.45) is 0 Å². The molecule has 6 heteroatoms. The van der Waals surface area contributed by atoms with E-state index >= 15 is 0 Å². The van der Waals surface area contributed by atoms with Crippen LogP contribution in [0.4, 0.5) is 0 Å². The van der Waals surface area contributed by atoms with Crippen molar-refractivity contribution >= 4 is 38.5 Å². The van der Waals surface area contributed by atoms with E-state index in [-0.39, 0.29) is 25.0 Å². The number of nitrogens with one attached hydrogen (secondary N) is 1. The third-order valence-corrected chi connectivity index (χ3v) is 6.46. The molecule has 0 radical (unpaired) electrons. The van der Waals surface area contributed by atoms with Gasteiger partial charge in [-0.15, -0.1) is 0 Å². The monoisotopic (exact) mass is 544 g/mol. The smallest absolute Gasteiger partial charge is 0.261 e. The van der Waals surface area contributed by atoms with Crippen LogP contribution >= 0.6 is 15.9 Å². The largest absolute Gasteiger partial charge is 0.483 e. The first-order chi connectivity index (χ1) is 17.5. The Bertz CT molecular complexity index is 1320. The van der Waals surface area contributed by atoms with E-state index in [1.807, 2.05) is 104 Å². The van der Waals surface area contributed by atoms with Gasteiger partial charge < -0.3 is 15.0 Å². The summed E-state index contributed by atoms with van der Waals surface area (Å²) in [6.45, 7) is 2.47. The molecule has 2 amide bonds. The molecule has 1 N–H and O–H groups in total. The Labute approximate surface area is 220 Å². The van der Waals surface area contributed by atoms with Gasteiger partial charge in [-0.1, -0.05) is 94.8 Å². The first-order valence-corrected chi connectivity index (χ1v) is 12.8. The minimum absolute atomic E-state index is 0.174. The zero-order valence-corrected chi connectivity index (χ0v) is 21.8. The average Bonchev–Trinajstić information content (AvgIpc) is 2.90. The summed E-state index contributed by atoms with van der Waals surface area (Å²) in [6.07, 6.45) is 0.403. The molecule has 0 saturated carbocycles. The standard InChI is InChI=1S/C30H29BrN2O3/c1-2-32-30(35)27(19-22-10-4-3-5-11-22)33(20-23-12-8-15-25(31)18-23)29(34)21-36-28-17-9-14-24-13-6-7-16-26(24)28/h3-18,27H,2,19-21H2,1H3,(H,32,35)/t27-/m1/s1. The number of carbonyl (C=O) groups is 2. The normalized spacial score (nSPS) is 11.6. The molecule has 0 spiro atoms. The van der Waals surface area contributed by atoms with Crippen LogP contribution in [0.15, 0.2) is 102 Å². The van der Waals surface area contributed by atoms with Crippen LogP contribution in [0, 0.1) is 0 Å². The van der Waals surface area contributed by atoms with Gasteiger partial charge in [0.2, 0.25) is 5.91 Å². The summed E-state index contributed by atoms with van der Waals surface area (Å²) in [5.41, 5.74) is 1.90. The van der Waals surface area contributed by atoms with Gasteiger partial charge in [-0.25, -0.2) is 0 Å². The number of carbonyl (C=O) groups excluding carboxylic acids is 2. The van der Waals surface area contributed by atoms with E-state index in [2.05, 4.69) is 21.2 Å². The molecule has 0 aliphatic heterocycles. The molecule has 0 aliphatic rings. The van der Waals surface area contributed by atoms with Crippen LogP contribution in [0.3, 0.4) is 0 Å². The first-order valence-electron chi connectivity index (χ1n) is 12.0. The zero-order valence-electron chi connectivity index (χ0n) is 20.2. The van der Waals surface area contributed by atoms with Gasteiger partial charge >= 0.3 is 0 Å². The summed E-state index contributed by atoms with van der Waals surface area (Å²) in [5, 5.41) is 4.89. The lowest BCUT2D eigenvalue weighted by atomic mass is 10.0. The number of benzene rings is 4. The first kappa shape index (κ1) is 25.5. The molecule has 1 atom stereocenters. The molecule has 5 nitrogen and oxygen atoms in total. The molecule has 0 unspecified atom stereocenters. The molecule has 0 heterocycles. The van der Waals surface area contributed by atoms with Crippen LogP contribution < -0.4 is 10.1 Å². The van der Waals surface area contributed by atoms with Crippen molar-refractivity contribution in [1.29, 1.82) is 0 Å². The molecule has 0 aromatic heterocycles. The molecule has 0 bridgehead atoms. The lowest BCUT2D eigenvalue weighted by Crippen LogP contribution is -2.51. The number of hydrogen-bond acceptors (Lipinski definition) is 3. The number of likely N-dealkylation sites (N-methyl/N-ethyl adjacent to an activating group) is 1. The van der Waals surface area contributed by atoms with Gasteiger partial charge in [-0.05, 0) is 41.6 Å². The van der Waals surface area contributed by atoms with Crippen LogP contribution in [-0.4, -0.2) is 35.9 Å². The van der Waals surface area contributed by atoms with Gasteiger partial charge in [0.15, 0.2) is 6.61 Å². The number of nitrogens with zero attached hydrogens (tertiary/aromatic N) is 1. The fraction of sp³-hybridized carbons (Fsp3) is 0.200. The quantitative estimate of drug-likeness (QED) is 0.276. The summed E-state index contributed by atoms with van der Waals surface area (Å²) < 4.78 is 6.95. The van der Waals surface area contributed by atoms with E-state index in [1.165, 1.54) is 0 Å². The van der Waals surface area contributed by atoms with Crippen molar-refractivity contribution in [3.8, 4) is 5.75 Å². The second-order valence-electron chi connectivity index (χ2n) is 8.52. The van der Waals surface area contributed by atoms with Gasteiger partial charge in [0.1, 0.15) is 11.8 Å². The molecule has 4 rings (SSSR count). The minimum Gasteiger partial charge on any atom is -0.483 e. The molecule has 184 valence electrons. The van der Waals surface area contributed by atoms with E-state index in [0.29, 0.717) is 18.7 Å². The third-order valence-electron chi connectivity index (χ3n) is 5.96. The number of ether oxygens (including phenoxy) is 1. The minimum atomic E-state index is -0.685. The second-order valence-corrected chi connectivity index (χ2v) is 9.43. The van der Waals surface area contributed by atoms with Crippen LogP contribution in [0.1, 0.15) is 18.1 Å². The summed E-state index contributed by atoms with van der Waals surface area (Å²) in [5.74, 6) is 0.200. The van der Waals surface area contributed by atoms with Crippen molar-refractivity contribution in [3.05, 3.63) is 113 Å². The lowest BCUT2D eigenvalue weighted by molar-refractivity contribution is -0.142. The fourth-order valence-electron chi connectivity index (χ4n) is 4.22. The van der Waals surface area contributed by atoms with Gasteiger partial charge in [0, 0.05) is 29.4 Å². The van der Waals surface area contributed by atoms with Crippen molar-refractivity contribution in [2.45, 2.75) is 25.9 Å². The Morgan fingerprint density at radius 1 is 0.889 bits per heavy atom. The van der Waals surface area contributed by atoms with Crippen molar-refractivity contribution < 1.29 is 14.3 Å². The van der Waals surface area contributed by atoms with Gasteiger partial charge in [-0.3, -0.25) is 9.59 Å². The SMILES string of the molecule is CCNC(=O)[C@@H](Cc1ccccc1)N(Cc1cccc(Br)c1)C(=O)COc1cccc2ccccc12. The Kier molecular flexibility index (Phi) is 8.74. The summed E-state index contributed by atoms with van der Waals surface area (Å²) in [6, 6.07) is 30.5. The number of fused-ring (bicyclic) bond motifs is 1. The number of halogens is 1. The molecule has 4 aromatic rings. The lowest BCUT2D eigenvalue weighted by Gasteiger charge is -2.31. The average molecular weight is 545 g/mol. The van der Waals surface area contributed by atoms with Crippen LogP contribution in [0.25, 0.3) is 10.8 Å². The maximum atomic E-state index is 13.7. The van der Waals surface area contributed by atoms with Gasteiger partial charge in [0.05, 0.1) is 0 Å². The van der Waals surface area contributed by atoms with Gasteiger partial charge in [-0.2, -0.15) is 0 Å². The zero-order chi connectivity index (χ0) is 25.3.